The summed E-state index contributed by atoms with van der Waals surface area (Å²) < 4.78 is 0. The summed E-state index contributed by atoms with van der Waals surface area (Å²) >= 11 is 0. The van der Waals surface area contributed by atoms with Gasteiger partial charge in [-0.25, -0.2) is 0 Å². The zero-order valence-corrected chi connectivity index (χ0v) is 12.6. The Morgan fingerprint density at radius 2 is 1.76 bits per heavy atom. The van der Waals surface area contributed by atoms with Crippen molar-refractivity contribution in [2.24, 2.45) is 0 Å². The van der Waals surface area contributed by atoms with Crippen molar-refractivity contribution in [1.29, 1.82) is 0 Å². The largest absolute Gasteiger partial charge is 0.392 e. The van der Waals surface area contributed by atoms with Crippen molar-refractivity contribution >= 4 is 0 Å². The lowest BCUT2D eigenvalue weighted by Gasteiger charge is -2.18. The van der Waals surface area contributed by atoms with Crippen LogP contribution < -0.4 is 5.32 Å². The Morgan fingerprint density at radius 1 is 1.05 bits per heavy atom. The van der Waals surface area contributed by atoms with Crippen molar-refractivity contribution in [3.05, 3.63) is 70.8 Å². The zero-order chi connectivity index (χ0) is 15.2. The third-order valence-electron chi connectivity index (χ3n) is 3.71. The van der Waals surface area contributed by atoms with Crippen molar-refractivity contribution in [1.82, 2.24) is 5.32 Å². The van der Waals surface area contributed by atoms with Gasteiger partial charge in [0.05, 0.1) is 12.7 Å². The van der Waals surface area contributed by atoms with E-state index in [0.29, 0.717) is 6.54 Å². The van der Waals surface area contributed by atoms with Crippen molar-refractivity contribution in [2.45, 2.75) is 32.6 Å². The Hall–Kier alpha value is -1.68. The summed E-state index contributed by atoms with van der Waals surface area (Å²) in [6.07, 6.45) is -0.519. The van der Waals surface area contributed by atoms with Crippen LogP contribution in [0.2, 0.25) is 0 Å². The normalized spacial score (nSPS) is 13.9. The van der Waals surface area contributed by atoms with E-state index in [9.17, 15) is 10.2 Å². The lowest BCUT2D eigenvalue weighted by atomic mass is 10.0. The van der Waals surface area contributed by atoms with Crippen LogP contribution in [-0.2, 0) is 6.61 Å². The Kier molecular flexibility index (Phi) is 5.51. The minimum absolute atomic E-state index is 0.0482. The van der Waals surface area contributed by atoms with Gasteiger partial charge in [-0.15, -0.1) is 0 Å². The fourth-order valence-electron chi connectivity index (χ4n) is 2.27. The van der Waals surface area contributed by atoms with Crippen LogP contribution >= 0.6 is 0 Å². The molecule has 0 radical (unpaired) electrons. The molecule has 0 aliphatic rings. The van der Waals surface area contributed by atoms with Gasteiger partial charge in [0, 0.05) is 12.6 Å². The van der Waals surface area contributed by atoms with Crippen LogP contribution in [0.15, 0.2) is 48.5 Å². The molecular formula is C18H23NO2. The van der Waals surface area contributed by atoms with Crippen molar-refractivity contribution in [2.75, 3.05) is 6.54 Å². The van der Waals surface area contributed by atoms with Crippen molar-refractivity contribution in [3.63, 3.8) is 0 Å². The maximum Gasteiger partial charge on any atom is 0.0914 e. The molecule has 3 nitrogen and oxygen atoms in total. The van der Waals surface area contributed by atoms with Crippen LogP contribution in [0.4, 0.5) is 0 Å². The molecule has 0 saturated heterocycles. The number of rotatable bonds is 6. The second kappa shape index (κ2) is 7.36. The SMILES string of the molecule is Cc1ccc(C(O)CNC(C)c2cccc(CO)c2)cc1. The molecule has 112 valence electrons. The molecule has 0 aromatic heterocycles. The summed E-state index contributed by atoms with van der Waals surface area (Å²) in [5.74, 6) is 0. The van der Waals surface area contributed by atoms with E-state index in [1.54, 1.807) is 0 Å². The van der Waals surface area contributed by atoms with E-state index in [4.69, 9.17) is 0 Å². The van der Waals surface area contributed by atoms with E-state index < -0.39 is 6.10 Å². The lowest BCUT2D eigenvalue weighted by molar-refractivity contribution is 0.171. The fraction of sp³-hybridized carbons (Fsp3) is 0.333. The van der Waals surface area contributed by atoms with Crippen molar-refractivity contribution in [3.8, 4) is 0 Å². The first kappa shape index (κ1) is 15.7. The monoisotopic (exact) mass is 285 g/mol. The molecule has 0 saturated carbocycles. The van der Waals surface area contributed by atoms with Gasteiger partial charge in [0.2, 0.25) is 0 Å². The molecule has 2 atom stereocenters. The number of aliphatic hydroxyl groups excluding tert-OH is 2. The van der Waals surface area contributed by atoms with E-state index >= 15 is 0 Å². The van der Waals surface area contributed by atoms with E-state index in [1.807, 2.05) is 55.5 Å². The maximum atomic E-state index is 10.2. The minimum atomic E-state index is -0.519. The highest BCUT2D eigenvalue weighted by Gasteiger charge is 2.10. The highest BCUT2D eigenvalue weighted by molar-refractivity contribution is 5.26. The fourth-order valence-corrected chi connectivity index (χ4v) is 2.27. The van der Waals surface area contributed by atoms with Crippen LogP contribution in [0.5, 0.6) is 0 Å². The number of hydrogen-bond donors (Lipinski definition) is 3. The molecule has 3 heteroatoms. The van der Waals surface area contributed by atoms with Gasteiger partial charge in [-0.3, -0.25) is 0 Å². The minimum Gasteiger partial charge on any atom is -0.392 e. The van der Waals surface area contributed by atoms with Gasteiger partial charge in [0.1, 0.15) is 0 Å². The summed E-state index contributed by atoms with van der Waals surface area (Å²) in [6.45, 7) is 4.63. The number of benzene rings is 2. The first-order valence-corrected chi connectivity index (χ1v) is 7.28. The van der Waals surface area contributed by atoms with E-state index in [2.05, 4.69) is 12.2 Å². The van der Waals surface area contributed by atoms with Crippen LogP contribution in [0.25, 0.3) is 0 Å². The molecule has 3 N–H and O–H groups in total. The molecule has 0 bridgehead atoms. The number of nitrogens with one attached hydrogen (secondary N) is 1. The summed E-state index contributed by atoms with van der Waals surface area (Å²) in [4.78, 5) is 0. The molecule has 0 heterocycles. The summed E-state index contributed by atoms with van der Waals surface area (Å²) in [5.41, 5.74) is 4.12. The average Bonchev–Trinajstić information content (AvgIpc) is 2.53. The van der Waals surface area contributed by atoms with E-state index in [0.717, 1.165) is 16.7 Å². The Bertz CT molecular complexity index is 566. The first-order chi connectivity index (χ1) is 10.1. The number of aryl methyl sites for hydroxylation is 1. The highest BCUT2D eigenvalue weighted by atomic mass is 16.3. The molecule has 0 amide bonds. The smallest absolute Gasteiger partial charge is 0.0914 e. The molecule has 2 rings (SSSR count). The standard InChI is InChI=1S/C18H23NO2/c1-13-6-8-16(9-7-13)18(21)11-19-14(2)17-5-3-4-15(10-17)12-20/h3-10,14,18-21H,11-12H2,1-2H3. The van der Waals surface area contributed by atoms with Crippen molar-refractivity contribution < 1.29 is 10.2 Å². The average molecular weight is 285 g/mol. The molecule has 0 aliphatic heterocycles. The predicted molar refractivity (Wildman–Crippen MR) is 84.9 cm³/mol. The summed E-state index contributed by atoms with van der Waals surface area (Å²) in [5, 5.41) is 22.7. The number of hydrogen-bond acceptors (Lipinski definition) is 3. The zero-order valence-electron chi connectivity index (χ0n) is 12.6. The highest BCUT2D eigenvalue weighted by Crippen LogP contribution is 2.17. The topological polar surface area (TPSA) is 52.5 Å². The van der Waals surface area contributed by atoms with Gasteiger partial charge < -0.3 is 15.5 Å². The lowest BCUT2D eigenvalue weighted by Crippen LogP contribution is -2.24. The second-order valence-electron chi connectivity index (χ2n) is 5.46. The Balaban J connectivity index is 1.93. The predicted octanol–water partition coefficient (Wildman–Crippen LogP) is 2.87. The van der Waals surface area contributed by atoms with Gasteiger partial charge in [0.15, 0.2) is 0 Å². The quantitative estimate of drug-likeness (QED) is 0.765. The van der Waals surface area contributed by atoms with E-state index in [-0.39, 0.29) is 12.6 Å². The van der Waals surface area contributed by atoms with Crippen LogP contribution in [-0.4, -0.2) is 16.8 Å². The Labute approximate surface area is 126 Å². The van der Waals surface area contributed by atoms with E-state index in [1.165, 1.54) is 5.56 Å². The molecule has 21 heavy (non-hydrogen) atoms. The molecule has 2 aromatic carbocycles. The molecule has 0 fully saturated rings. The molecule has 2 aromatic rings. The molecular weight excluding hydrogens is 262 g/mol. The maximum absolute atomic E-state index is 10.2. The van der Waals surface area contributed by atoms with Crippen LogP contribution in [0.1, 0.15) is 41.3 Å². The molecule has 2 unspecified atom stereocenters. The first-order valence-electron chi connectivity index (χ1n) is 7.28. The van der Waals surface area contributed by atoms with Gasteiger partial charge in [-0.1, -0.05) is 54.1 Å². The number of aliphatic hydroxyl groups is 2. The van der Waals surface area contributed by atoms with Crippen LogP contribution in [0.3, 0.4) is 0 Å². The molecule has 0 spiro atoms. The summed E-state index contributed by atoms with van der Waals surface area (Å²) in [7, 11) is 0. The Morgan fingerprint density at radius 3 is 2.43 bits per heavy atom. The third kappa shape index (κ3) is 4.39. The van der Waals surface area contributed by atoms with Gasteiger partial charge in [0.25, 0.3) is 0 Å². The van der Waals surface area contributed by atoms with Gasteiger partial charge >= 0.3 is 0 Å². The molecule has 0 aliphatic carbocycles. The summed E-state index contributed by atoms with van der Waals surface area (Å²) in [6, 6.07) is 15.9. The second-order valence-corrected chi connectivity index (χ2v) is 5.46. The van der Waals surface area contributed by atoms with Gasteiger partial charge in [-0.2, -0.15) is 0 Å². The third-order valence-corrected chi connectivity index (χ3v) is 3.71. The van der Waals surface area contributed by atoms with Gasteiger partial charge in [-0.05, 0) is 30.5 Å². The van der Waals surface area contributed by atoms with Crippen LogP contribution in [0, 0.1) is 6.92 Å².